The fraction of sp³-hybridized carbons (Fsp3) is 0.357. The third kappa shape index (κ3) is 5.07. The van der Waals surface area contributed by atoms with Gasteiger partial charge in [-0.25, -0.2) is 0 Å². The maximum Gasteiger partial charge on any atom is 0.220 e. The van der Waals surface area contributed by atoms with Crippen LogP contribution in [0.3, 0.4) is 0 Å². The molecule has 0 fully saturated rings. The van der Waals surface area contributed by atoms with Crippen LogP contribution in [0.1, 0.15) is 18.4 Å². The minimum Gasteiger partial charge on any atom is -0.497 e. The fourth-order valence-electron chi connectivity index (χ4n) is 1.41. The Morgan fingerprint density at radius 1 is 1.41 bits per heavy atom. The Labute approximate surface area is 102 Å². The van der Waals surface area contributed by atoms with Gasteiger partial charge in [-0.2, -0.15) is 0 Å². The number of hydrogen-bond donors (Lipinski definition) is 1. The third-order valence-electron chi connectivity index (χ3n) is 2.39. The first kappa shape index (κ1) is 13.1. The van der Waals surface area contributed by atoms with E-state index >= 15 is 0 Å². The normalized spacial score (nSPS) is 9.41. The van der Waals surface area contributed by atoms with Crippen molar-refractivity contribution < 1.29 is 9.53 Å². The zero-order valence-electron chi connectivity index (χ0n) is 10.0. The zero-order valence-corrected chi connectivity index (χ0v) is 10.0. The van der Waals surface area contributed by atoms with E-state index in [0.29, 0.717) is 19.4 Å². The van der Waals surface area contributed by atoms with Crippen molar-refractivity contribution in [2.24, 2.45) is 0 Å². The van der Waals surface area contributed by atoms with Crippen molar-refractivity contribution in [3.05, 3.63) is 29.8 Å². The van der Waals surface area contributed by atoms with E-state index in [9.17, 15) is 4.79 Å². The van der Waals surface area contributed by atoms with Gasteiger partial charge in [0.2, 0.25) is 5.91 Å². The summed E-state index contributed by atoms with van der Waals surface area (Å²) >= 11 is 0. The minimum absolute atomic E-state index is 0.0380. The van der Waals surface area contributed by atoms with Gasteiger partial charge in [-0.05, 0) is 24.1 Å². The standard InChI is InChI=1S/C14H17NO2/c1-3-4-11-15-14(16)10-7-12-5-8-13(17-2)9-6-12/h1,5-6,8-9H,4,7,10-11H2,2H3,(H,15,16). The van der Waals surface area contributed by atoms with Gasteiger partial charge in [0.25, 0.3) is 0 Å². The molecule has 0 saturated carbocycles. The maximum atomic E-state index is 11.4. The number of hydrogen-bond acceptors (Lipinski definition) is 2. The first-order chi connectivity index (χ1) is 8.26. The number of rotatable bonds is 6. The summed E-state index contributed by atoms with van der Waals surface area (Å²) in [5.41, 5.74) is 1.12. The molecule has 3 heteroatoms. The van der Waals surface area contributed by atoms with Crippen molar-refractivity contribution in [1.82, 2.24) is 5.32 Å². The summed E-state index contributed by atoms with van der Waals surface area (Å²) in [6.07, 6.45) is 6.88. The van der Waals surface area contributed by atoms with E-state index in [-0.39, 0.29) is 5.91 Å². The van der Waals surface area contributed by atoms with Crippen LogP contribution < -0.4 is 10.1 Å². The fourth-order valence-corrected chi connectivity index (χ4v) is 1.41. The molecule has 0 aliphatic carbocycles. The molecule has 1 rings (SSSR count). The van der Waals surface area contributed by atoms with Gasteiger partial charge in [-0.1, -0.05) is 12.1 Å². The Kier molecular flexibility index (Phi) is 5.67. The van der Waals surface area contributed by atoms with Crippen LogP contribution in [0, 0.1) is 12.3 Å². The summed E-state index contributed by atoms with van der Waals surface area (Å²) in [6, 6.07) is 7.72. The minimum atomic E-state index is 0.0380. The second-order valence-corrected chi connectivity index (χ2v) is 3.65. The second-order valence-electron chi connectivity index (χ2n) is 3.65. The maximum absolute atomic E-state index is 11.4. The topological polar surface area (TPSA) is 38.3 Å². The number of benzene rings is 1. The predicted molar refractivity (Wildman–Crippen MR) is 67.8 cm³/mol. The van der Waals surface area contributed by atoms with Crippen LogP contribution in [0.25, 0.3) is 0 Å². The van der Waals surface area contributed by atoms with E-state index in [4.69, 9.17) is 11.2 Å². The second kappa shape index (κ2) is 7.34. The predicted octanol–water partition coefficient (Wildman–Crippen LogP) is 1.77. The number of methoxy groups -OCH3 is 1. The van der Waals surface area contributed by atoms with Crippen LogP contribution in [0.2, 0.25) is 0 Å². The molecule has 0 saturated heterocycles. The van der Waals surface area contributed by atoms with Gasteiger partial charge in [-0.15, -0.1) is 12.3 Å². The molecule has 0 radical (unpaired) electrons. The number of aryl methyl sites for hydroxylation is 1. The smallest absolute Gasteiger partial charge is 0.220 e. The quantitative estimate of drug-likeness (QED) is 0.598. The molecule has 3 nitrogen and oxygen atoms in total. The Morgan fingerprint density at radius 3 is 2.71 bits per heavy atom. The highest BCUT2D eigenvalue weighted by Gasteiger charge is 2.01. The molecule has 0 aromatic heterocycles. The lowest BCUT2D eigenvalue weighted by Crippen LogP contribution is -2.24. The molecule has 17 heavy (non-hydrogen) atoms. The van der Waals surface area contributed by atoms with Crippen LogP contribution in [0.4, 0.5) is 0 Å². The molecular formula is C14H17NO2. The molecule has 1 aromatic carbocycles. The summed E-state index contributed by atoms with van der Waals surface area (Å²) in [4.78, 5) is 11.4. The van der Waals surface area contributed by atoms with Gasteiger partial charge in [-0.3, -0.25) is 4.79 Å². The first-order valence-electron chi connectivity index (χ1n) is 5.59. The molecule has 90 valence electrons. The molecule has 0 atom stereocenters. The summed E-state index contributed by atoms with van der Waals surface area (Å²) in [5.74, 6) is 3.35. The van der Waals surface area contributed by atoms with Crippen molar-refractivity contribution in [3.63, 3.8) is 0 Å². The lowest BCUT2D eigenvalue weighted by molar-refractivity contribution is -0.121. The number of terminal acetylenes is 1. The number of carbonyl (C=O) groups excluding carboxylic acids is 1. The molecule has 0 unspecified atom stereocenters. The highest BCUT2D eigenvalue weighted by molar-refractivity contribution is 5.76. The molecule has 0 aliphatic rings. The van der Waals surface area contributed by atoms with Gasteiger partial charge >= 0.3 is 0 Å². The van der Waals surface area contributed by atoms with Gasteiger partial charge in [0.1, 0.15) is 5.75 Å². The van der Waals surface area contributed by atoms with Crippen molar-refractivity contribution in [2.45, 2.75) is 19.3 Å². The summed E-state index contributed by atoms with van der Waals surface area (Å²) in [6.45, 7) is 0.554. The Bertz CT molecular complexity index is 390. The lowest BCUT2D eigenvalue weighted by Gasteiger charge is -2.04. The molecule has 0 heterocycles. The van der Waals surface area contributed by atoms with Gasteiger partial charge in [0, 0.05) is 19.4 Å². The molecule has 1 amide bonds. The van der Waals surface area contributed by atoms with Crippen LogP contribution in [0.5, 0.6) is 5.75 Å². The monoisotopic (exact) mass is 231 g/mol. The van der Waals surface area contributed by atoms with Crippen molar-refractivity contribution >= 4 is 5.91 Å². The number of ether oxygens (including phenoxy) is 1. The Morgan fingerprint density at radius 2 is 2.12 bits per heavy atom. The van der Waals surface area contributed by atoms with Gasteiger partial charge in [0.05, 0.1) is 7.11 Å². The van der Waals surface area contributed by atoms with E-state index in [1.54, 1.807) is 7.11 Å². The van der Waals surface area contributed by atoms with E-state index in [1.165, 1.54) is 0 Å². The summed E-state index contributed by atoms with van der Waals surface area (Å²) in [7, 11) is 1.63. The highest BCUT2D eigenvalue weighted by Crippen LogP contribution is 2.12. The molecule has 1 aromatic rings. The molecule has 0 spiro atoms. The van der Waals surface area contributed by atoms with Crippen LogP contribution in [0.15, 0.2) is 24.3 Å². The van der Waals surface area contributed by atoms with Crippen LogP contribution in [-0.2, 0) is 11.2 Å². The van der Waals surface area contributed by atoms with E-state index in [0.717, 1.165) is 17.7 Å². The van der Waals surface area contributed by atoms with E-state index in [2.05, 4.69) is 11.2 Å². The molecule has 0 bridgehead atoms. The Hall–Kier alpha value is -1.95. The molecule has 1 N–H and O–H groups in total. The number of amides is 1. The zero-order chi connectivity index (χ0) is 12.5. The number of carbonyl (C=O) groups is 1. The van der Waals surface area contributed by atoms with Crippen molar-refractivity contribution in [3.8, 4) is 18.1 Å². The molecular weight excluding hydrogens is 214 g/mol. The average molecular weight is 231 g/mol. The summed E-state index contributed by atoms with van der Waals surface area (Å²) in [5, 5.41) is 2.77. The van der Waals surface area contributed by atoms with Crippen molar-refractivity contribution in [2.75, 3.05) is 13.7 Å². The average Bonchev–Trinajstić information content (AvgIpc) is 2.37. The number of nitrogens with one attached hydrogen (secondary N) is 1. The van der Waals surface area contributed by atoms with Crippen molar-refractivity contribution in [1.29, 1.82) is 0 Å². The largest absolute Gasteiger partial charge is 0.497 e. The third-order valence-corrected chi connectivity index (χ3v) is 2.39. The van der Waals surface area contributed by atoms with Crippen LogP contribution >= 0.6 is 0 Å². The van der Waals surface area contributed by atoms with Gasteiger partial charge in [0.15, 0.2) is 0 Å². The summed E-state index contributed by atoms with van der Waals surface area (Å²) < 4.78 is 5.06. The van der Waals surface area contributed by atoms with Crippen LogP contribution in [-0.4, -0.2) is 19.6 Å². The van der Waals surface area contributed by atoms with E-state index < -0.39 is 0 Å². The van der Waals surface area contributed by atoms with Gasteiger partial charge < -0.3 is 10.1 Å². The van der Waals surface area contributed by atoms with E-state index in [1.807, 2.05) is 24.3 Å². The Balaban J connectivity index is 2.29. The lowest BCUT2D eigenvalue weighted by atomic mass is 10.1. The SMILES string of the molecule is C#CCCNC(=O)CCc1ccc(OC)cc1. The first-order valence-corrected chi connectivity index (χ1v) is 5.59. The highest BCUT2D eigenvalue weighted by atomic mass is 16.5. The molecule has 0 aliphatic heterocycles.